The molecular weight excluding hydrogens is 415 g/mol. The van der Waals surface area contributed by atoms with Gasteiger partial charge in [0.05, 0.1) is 0 Å². The Morgan fingerprint density at radius 2 is 0.944 bits per heavy atom. The van der Waals surface area contributed by atoms with Crippen LogP contribution in [0.3, 0.4) is 0 Å². The average molecular weight is 421 g/mol. The van der Waals surface area contributed by atoms with E-state index in [4.69, 9.17) is 5.11 Å². The minimum Gasteiger partial charge on any atom is -0.563 e. The third kappa shape index (κ3) is 53.7. The van der Waals surface area contributed by atoms with E-state index in [1.807, 2.05) is 0 Å². The van der Waals surface area contributed by atoms with Gasteiger partial charge >= 0.3 is 59.2 Å². The molecule has 1 N–H and O–H groups in total. The molecule has 0 aliphatic heterocycles. The van der Waals surface area contributed by atoms with Gasteiger partial charge in [-0.2, -0.15) is 0 Å². The topological polar surface area (TPSA) is 199 Å². The van der Waals surface area contributed by atoms with E-state index < -0.39 is 33.0 Å². The zero-order chi connectivity index (χ0) is 14.4. The van der Waals surface area contributed by atoms with Crippen LogP contribution < -0.4 is 19.6 Å². The molecular formula is C2H6O11P4Zr+4. The van der Waals surface area contributed by atoms with Crippen molar-refractivity contribution in [2.45, 2.75) is 6.92 Å². The summed E-state index contributed by atoms with van der Waals surface area (Å²) < 4.78 is 43.3. The molecule has 4 atom stereocenters. The molecule has 4 unspecified atom stereocenters. The fourth-order valence-electron chi connectivity index (χ4n) is 0.109. The first-order valence-electron chi connectivity index (χ1n) is 3.21. The molecule has 16 heteroatoms. The van der Waals surface area contributed by atoms with E-state index in [1.54, 1.807) is 6.92 Å². The van der Waals surface area contributed by atoms with Gasteiger partial charge in [0.25, 0.3) is 0 Å². The van der Waals surface area contributed by atoms with Crippen LogP contribution in [0.25, 0.3) is 0 Å². The summed E-state index contributed by atoms with van der Waals surface area (Å²) in [5.74, 6) is 0. The molecule has 0 bridgehead atoms. The Balaban J connectivity index is -0.0000000857. The van der Waals surface area contributed by atoms with Crippen molar-refractivity contribution in [3.05, 3.63) is 0 Å². The van der Waals surface area contributed by atoms with E-state index in [1.165, 1.54) is 0 Å². The van der Waals surface area contributed by atoms with Gasteiger partial charge in [0.1, 0.15) is 8.62 Å². The zero-order valence-electron chi connectivity index (χ0n) is 8.53. The monoisotopic (exact) mass is 420 g/mol. The quantitative estimate of drug-likeness (QED) is 0.496. The first kappa shape index (κ1) is 27.4. The molecule has 0 aromatic heterocycles. The van der Waals surface area contributed by atoms with Crippen molar-refractivity contribution in [3.8, 4) is 0 Å². The van der Waals surface area contributed by atoms with E-state index in [2.05, 4.69) is 8.62 Å². The summed E-state index contributed by atoms with van der Waals surface area (Å²) in [7, 11) is -12.9. The zero-order valence-corrected chi connectivity index (χ0v) is 14.6. The van der Waals surface area contributed by atoms with Gasteiger partial charge in [0.15, 0.2) is 0 Å². The fourth-order valence-corrected chi connectivity index (χ4v) is 0.980. The number of rotatable bonds is 4. The van der Waals surface area contributed by atoms with Crippen LogP contribution in [0.1, 0.15) is 6.92 Å². The SMILES string of the molecule is CCO.O=[P+]([O-])O[P+](=O)[O-].O=[P+]([O-])O[P+](=O)[O-].[Zr+4]. The second-order valence-electron chi connectivity index (χ2n) is 1.37. The van der Waals surface area contributed by atoms with Gasteiger partial charge in [-0.05, 0) is 25.2 Å². The van der Waals surface area contributed by atoms with Crippen molar-refractivity contribution >= 4 is 33.0 Å². The van der Waals surface area contributed by atoms with Crippen molar-refractivity contribution in [1.82, 2.24) is 0 Å². The van der Waals surface area contributed by atoms with Crippen LogP contribution in [-0.4, -0.2) is 11.7 Å². The first-order valence-corrected chi connectivity index (χ1v) is 7.60. The van der Waals surface area contributed by atoms with Crippen molar-refractivity contribution in [1.29, 1.82) is 0 Å². The molecule has 0 amide bonds. The maximum Gasteiger partial charge on any atom is 4.00 e. The molecule has 0 fully saturated rings. The van der Waals surface area contributed by atoms with E-state index >= 15 is 0 Å². The van der Waals surface area contributed by atoms with Gasteiger partial charge in [-0.1, -0.05) is 0 Å². The number of aliphatic hydroxyl groups is 1. The summed E-state index contributed by atoms with van der Waals surface area (Å²) >= 11 is 0. The molecule has 11 nitrogen and oxygen atoms in total. The van der Waals surface area contributed by atoms with Crippen LogP contribution in [0.2, 0.25) is 0 Å². The Bertz CT molecular complexity index is 218. The number of hydrogen-bond donors (Lipinski definition) is 1. The predicted octanol–water partition coefficient (Wildman–Crippen LogP) is -1.93. The summed E-state index contributed by atoms with van der Waals surface area (Å²) in [5.41, 5.74) is 0. The standard InChI is InChI=1S/C2H6O.2O5P2.Zr/c1-2-3;2*1-6(2)5-7(3)4;/h3H,2H2,1H3;;;/q;;;+4. The van der Waals surface area contributed by atoms with E-state index in [0.717, 1.165) is 0 Å². The smallest absolute Gasteiger partial charge is 0.563 e. The molecule has 0 aliphatic rings. The number of hydrogen-bond acceptors (Lipinski definition) is 11. The van der Waals surface area contributed by atoms with Gasteiger partial charge in [-0.15, -0.1) is 0 Å². The predicted molar refractivity (Wildman–Crippen MR) is 45.4 cm³/mol. The van der Waals surface area contributed by atoms with E-state index in [-0.39, 0.29) is 32.8 Å². The van der Waals surface area contributed by atoms with Crippen LogP contribution in [0.4, 0.5) is 0 Å². The largest absolute Gasteiger partial charge is 4.00 e. The maximum absolute atomic E-state index is 9.24. The average Bonchev–Trinajstić information content (AvgIpc) is 1.99. The summed E-state index contributed by atoms with van der Waals surface area (Å²) in [6.07, 6.45) is 0. The molecule has 18 heavy (non-hydrogen) atoms. The molecule has 0 aromatic carbocycles. The van der Waals surface area contributed by atoms with Gasteiger partial charge in [-0.25, -0.2) is 0 Å². The van der Waals surface area contributed by atoms with Crippen molar-refractivity contribution in [2.75, 3.05) is 6.61 Å². The molecule has 0 saturated heterocycles. The Kier molecular flexibility index (Phi) is 30.9. The summed E-state index contributed by atoms with van der Waals surface area (Å²) in [6.45, 7) is 1.93. The van der Waals surface area contributed by atoms with E-state index in [9.17, 15) is 37.8 Å². The second-order valence-corrected chi connectivity index (χ2v) is 4.47. The van der Waals surface area contributed by atoms with Crippen LogP contribution >= 0.6 is 33.0 Å². The Hall–Kier alpha value is 1.00. The molecule has 0 rings (SSSR count). The molecule has 0 spiro atoms. The van der Waals surface area contributed by atoms with Crippen LogP contribution in [0.15, 0.2) is 0 Å². The van der Waals surface area contributed by atoms with E-state index in [0.29, 0.717) is 0 Å². The Morgan fingerprint density at radius 1 is 0.833 bits per heavy atom. The molecule has 0 saturated carbocycles. The third-order valence-electron chi connectivity index (χ3n) is 0.267. The van der Waals surface area contributed by atoms with Gasteiger partial charge in [-0.3, -0.25) is 0 Å². The van der Waals surface area contributed by atoms with Crippen LogP contribution in [0.5, 0.6) is 0 Å². The van der Waals surface area contributed by atoms with Crippen LogP contribution in [-0.2, 0) is 53.1 Å². The molecule has 0 heterocycles. The second kappa shape index (κ2) is 20.3. The summed E-state index contributed by atoms with van der Waals surface area (Å²) in [6, 6.07) is 0. The summed E-state index contributed by atoms with van der Waals surface area (Å²) in [4.78, 5) is 37.0. The molecule has 100 valence electrons. The van der Waals surface area contributed by atoms with Gasteiger partial charge in [0.2, 0.25) is 0 Å². The Morgan fingerprint density at radius 3 is 0.944 bits per heavy atom. The maximum atomic E-state index is 9.24. The fraction of sp³-hybridized carbons (Fsp3) is 1.00. The van der Waals surface area contributed by atoms with Crippen molar-refractivity contribution in [2.24, 2.45) is 0 Å². The van der Waals surface area contributed by atoms with Crippen molar-refractivity contribution in [3.63, 3.8) is 0 Å². The van der Waals surface area contributed by atoms with Gasteiger partial charge < -0.3 is 24.7 Å². The van der Waals surface area contributed by atoms with Crippen LogP contribution in [0, 0.1) is 0 Å². The molecule has 0 aromatic rings. The Labute approximate surface area is 124 Å². The number of aliphatic hydroxyl groups excluding tert-OH is 1. The summed E-state index contributed by atoms with van der Waals surface area (Å²) in [5, 5.41) is 7.57. The van der Waals surface area contributed by atoms with Crippen molar-refractivity contribution < 1.29 is 77.8 Å². The minimum atomic E-state index is -3.24. The first-order chi connectivity index (χ1) is 7.67. The minimum absolute atomic E-state index is 0. The molecule has 0 aliphatic carbocycles. The third-order valence-corrected chi connectivity index (χ3v) is 2.40. The normalized spacial score (nSPS) is 11.4. The van der Waals surface area contributed by atoms with Gasteiger partial charge in [0, 0.05) is 6.61 Å². The molecule has 0 radical (unpaired) electrons.